The molecule has 0 saturated heterocycles. The van der Waals surface area contributed by atoms with E-state index < -0.39 is 8.00 Å². The van der Waals surface area contributed by atoms with Crippen molar-refractivity contribution >= 4 is 25.0 Å². The van der Waals surface area contributed by atoms with Crippen LogP contribution in [0.15, 0.2) is 0 Å². The molecule has 1 rings (SSSR count). The molecule has 6 N–H and O–H groups in total. The highest BCUT2D eigenvalue weighted by molar-refractivity contribution is 7.54. The van der Waals surface area contributed by atoms with Gasteiger partial charge in [-0.3, -0.25) is 5.50 Å². The molecule has 2 unspecified atom stereocenters. The Kier molecular flexibility index (Phi) is 2.30. The number of nitrogens with two attached hydrogens (primary N) is 3. The minimum atomic E-state index is -0.986. The van der Waals surface area contributed by atoms with Crippen LogP contribution in [0, 0.1) is 0 Å². The summed E-state index contributed by atoms with van der Waals surface area (Å²) < 4.78 is 6.79. The number of rotatable bonds is 0. The van der Waals surface area contributed by atoms with E-state index in [4.69, 9.17) is 17.2 Å². The lowest BCUT2D eigenvalue weighted by atomic mass is 12.9. The minimum Gasteiger partial charge on any atom is -0.259 e. The van der Waals surface area contributed by atoms with Crippen LogP contribution in [0.1, 0.15) is 0 Å². The van der Waals surface area contributed by atoms with Gasteiger partial charge in [-0.2, -0.15) is 4.51 Å². The van der Waals surface area contributed by atoms with Crippen molar-refractivity contribution in [2.45, 2.75) is 0 Å². The third kappa shape index (κ3) is 1.55. The van der Waals surface area contributed by atoms with Gasteiger partial charge in [-0.1, -0.05) is 0 Å². The van der Waals surface area contributed by atoms with Crippen LogP contribution in [0.4, 0.5) is 0 Å². The van der Waals surface area contributed by atoms with Gasteiger partial charge in [0.25, 0.3) is 0 Å². The first kappa shape index (κ1) is 7.29. The Morgan fingerprint density at radius 2 is 2.22 bits per heavy atom. The summed E-state index contributed by atoms with van der Waals surface area (Å²) in [6.07, 6.45) is 0. The summed E-state index contributed by atoms with van der Waals surface area (Å²) in [6.45, 7) is 0. The molecule has 9 heavy (non-hydrogen) atoms. The van der Waals surface area contributed by atoms with E-state index in [1.54, 1.807) is 0 Å². The zero-order chi connectivity index (χ0) is 6.85. The molecule has 6 nitrogen and oxygen atoms in total. The van der Waals surface area contributed by atoms with E-state index in [1.807, 2.05) is 0 Å². The van der Waals surface area contributed by atoms with Gasteiger partial charge in [0.15, 0.2) is 8.51 Å². The third-order valence-electron chi connectivity index (χ3n) is 0.714. The van der Waals surface area contributed by atoms with Gasteiger partial charge in [-0.15, -0.1) is 0 Å². The standard InChI is InChI=1S/H7N6P3/c1-5-7-4-8-6(2)9(5)3/h7H,1-3H2. The zero-order valence-electron chi connectivity index (χ0n) is 4.47. The van der Waals surface area contributed by atoms with Gasteiger partial charge in [0, 0.05) is 0 Å². The Balaban J connectivity index is 3.25. The van der Waals surface area contributed by atoms with Crippen molar-refractivity contribution in [2.75, 3.05) is 17.2 Å². The maximum atomic E-state index is 5.53. The summed E-state index contributed by atoms with van der Waals surface area (Å²) in [5.74, 6) is 10.8. The molecule has 52 valence electrons. The van der Waals surface area contributed by atoms with Crippen LogP contribution in [-0.4, -0.2) is 12.9 Å². The van der Waals surface area contributed by atoms with Crippen LogP contribution >= 0.6 is 25.0 Å². The SMILES string of the molecule is Nn1pn[pH]n(N)p1N. The molecule has 0 spiro atoms. The van der Waals surface area contributed by atoms with Crippen LogP contribution < -0.4 is 17.2 Å². The Hall–Kier alpha value is 0.180. The Morgan fingerprint density at radius 1 is 1.56 bits per heavy atom. The normalized spacial score (nSPS) is 13.4. The molecule has 0 saturated carbocycles. The average Bonchev–Trinajstić information content (AvgIpc) is 1.83. The lowest BCUT2D eigenvalue weighted by molar-refractivity contribution is 1.18. The smallest absolute Gasteiger partial charge is 0.159 e. The van der Waals surface area contributed by atoms with E-state index in [-0.39, 0.29) is 8.51 Å². The second-order valence-electron chi connectivity index (χ2n) is 1.27. The fraction of sp³-hybridized carbons (Fsp3) is 0. The second-order valence-corrected chi connectivity index (χ2v) is 5.56. The average molecular weight is 184 g/mol. The Labute approximate surface area is 56.0 Å². The first-order valence-electron chi connectivity index (χ1n) is 2.02. The highest BCUT2D eigenvalue weighted by atomic mass is 31.2. The van der Waals surface area contributed by atoms with Gasteiger partial charge in [0.1, 0.15) is 8.00 Å². The van der Waals surface area contributed by atoms with Gasteiger partial charge in [-0.25, -0.2) is 20.1 Å². The fourth-order valence-electron chi connectivity index (χ4n) is 0.297. The summed E-state index contributed by atoms with van der Waals surface area (Å²) in [7, 11) is -0.0215. The largest absolute Gasteiger partial charge is 0.259 e. The molecule has 1 aromatic rings. The molecule has 0 amide bonds. The predicted octanol–water partition coefficient (Wildman–Crippen LogP) is -0.452. The Morgan fingerprint density at radius 3 is 2.67 bits per heavy atom. The van der Waals surface area contributed by atoms with Crippen molar-refractivity contribution in [3.63, 3.8) is 0 Å². The maximum Gasteiger partial charge on any atom is 0.159 e. The van der Waals surface area contributed by atoms with E-state index in [9.17, 15) is 0 Å². The fourth-order valence-corrected chi connectivity index (χ4v) is 3.58. The molecule has 2 atom stereocenters. The van der Waals surface area contributed by atoms with Gasteiger partial charge >= 0.3 is 0 Å². The van der Waals surface area contributed by atoms with Crippen molar-refractivity contribution in [3.8, 4) is 0 Å². The van der Waals surface area contributed by atoms with Gasteiger partial charge in [-0.05, 0) is 0 Å². The molecule has 0 aliphatic rings. The van der Waals surface area contributed by atoms with Gasteiger partial charge in [0.05, 0.1) is 8.51 Å². The molecule has 0 aromatic carbocycles. The number of hydrogen-bond acceptors (Lipinski definition) is 4. The van der Waals surface area contributed by atoms with E-state index in [0.717, 1.165) is 0 Å². The molecule has 0 fully saturated rings. The third-order valence-corrected chi connectivity index (χ3v) is 4.35. The molecule has 0 bridgehead atoms. The topological polar surface area (TPSA) is 101 Å². The lowest BCUT2D eigenvalue weighted by Crippen LogP contribution is -2.14. The summed E-state index contributed by atoms with van der Waals surface area (Å²) in [5, 5.41) is 0. The van der Waals surface area contributed by atoms with Crippen LogP contribution in [0.3, 0.4) is 0 Å². The number of hydrogen-bond donors (Lipinski definition) is 3. The zero-order valence-corrected chi connectivity index (χ0v) is 7.26. The Bertz CT molecular complexity index is 199. The van der Waals surface area contributed by atoms with Crippen LogP contribution in [0.2, 0.25) is 0 Å². The molecule has 1 heterocycles. The minimum absolute atomic E-state index is 0.248. The van der Waals surface area contributed by atoms with Crippen molar-refractivity contribution < 1.29 is 0 Å². The van der Waals surface area contributed by atoms with Crippen LogP contribution in [-0.2, 0) is 0 Å². The molecule has 0 aliphatic carbocycles. The summed E-state index contributed by atoms with van der Waals surface area (Å²) in [4.78, 5) is 0. The molecule has 9 heteroatoms. The van der Waals surface area contributed by atoms with E-state index in [1.165, 1.54) is 8.40 Å². The first-order valence-corrected chi connectivity index (χ1v) is 5.03. The van der Waals surface area contributed by atoms with E-state index >= 15 is 0 Å². The van der Waals surface area contributed by atoms with Crippen molar-refractivity contribution in [3.05, 3.63) is 0 Å². The summed E-state index contributed by atoms with van der Waals surface area (Å²) in [6, 6.07) is 0. The lowest BCUT2D eigenvalue weighted by Gasteiger charge is -2.04. The molecular weight excluding hydrogens is 177 g/mol. The number of nitrogens with zero attached hydrogens (tertiary/aromatic N) is 3. The molecular formula is H7N6P3. The number of nitrogen functional groups attached to an aromatic ring is 3. The summed E-state index contributed by atoms with van der Waals surface area (Å²) >= 11 is 0. The van der Waals surface area contributed by atoms with Crippen molar-refractivity contribution in [1.82, 2.24) is 12.9 Å². The molecule has 0 aliphatic heterocycles. The predicted molar refractivity (Wildman–Crippen MR) is 43.0 cm³/mol. The van der Waals surface area contributed by atoms with E-state index in [0.29, 0.717) is 8.51 Å². The van der Waals surface area contributed by atoms with Gasteiger partial charge in [0.2, 0.25) is 0 Å². The highest BCUT2D eigenvalue weighted by Crippen LogP contribution is 2.18. The first-order chi connectivity index (χ1) is 4.22. The molecule has 1 aromatic heterocycles. The highest BCUT2D eigenvalue weighted by Gasteiger charge is 1.89. The molecule has 0 radical (unpaired) electrons. The summed E-state index contributed by atoms with van der Waals surface area (Å²) in [5.41, 5.74) is 5.53. The van der Waals surface area contributed by atoms with Crippen molar-refractivity contribution in [2.24, 2.45) is 0 Å². The van der Waals surface area contributed by atoms with Crippen molar-refractivity contribution in [1.29, 1.82) is 0 Å². The van der Waals surface area contributed by atoms with E-state index in [2.05, 4.69) is 4.51 Å². The number of aromatic nitrogens is 3. The van der Waals surface area contributed by atoms with Crippen LogP contribution in [0.5, 0.6) is 0 Å². The quantitative estimate of drug-likeness (QED) is 0.475. The van der Waals surface area contributed by atoms with Gasteiger partial charge < -0.3 is 0 Å². The van der Waals surface area contributed by atoms with Crippen LogP contribution in [0.25, 0.3) is 0 Å². The maximum absolute atomic E-state index is 5.53. The monoisotopic (exact) mass is 184 g/mol. The second kappa shape index (κ2) is 2.84.